The molecule has 0 aliphatic carbocycles. The number of non-ortho nitro benzene ring substituents is 1. The fourth-order valence-corrected chi connectivity index (χ4v) is 4.56. The van der Waals surface area contributed by atoms with Crippen molar-refractivity contribution >= 4 is 44.1 Å². The van der Waals surface area contributed by atoms with Crippen molar-refractivity contribution in [3.8, 4) is 0 Å². The zero-order chi connectivity index (χ0) is 22.3. The van der Waals surface area contributed by atoms with E-state index in [0.29, 0.717) is 15.8 Å². The lowest BCUT2D eigenvalue weighted by atomic mass is 9.93. The summed E-state index contributed by atoms with van der Waals surface area (Å²) in [5.41, 5.74) is 0.951. The number of anilines is 1. The Bertz CT molecular complexity index is 1240. The number of nitro benzene ring substituents is 1. The molecule has 0 fully saturated rings. The van der Waals surface area contributed by atoms with Crippen LogP contribution in [0, 0.1) is 16.0 Å². The van der Waals surface area contributed by atoms with Crippen LogP contribution in [0.4, 0.5) is 10.8 Å². The predicted octanol–water partition coefficient (Wildman–Crippen LogP) is 4.11. The van der Waals surface area contributed by atoms with Gasteiger partial charge in [0.25, 0.3) is 11.6 Å². The van der Waals surface area contributed by atoms with Crippen LogP contribution in [0.15, 0.2) is 54.1 Å². The van der Waals surface area contributed by atoms with E-state index in [4.69, 9.17) is 0 Å². The van der Waals surface area contributed by atoms with E-state index >= 15 is 0 Å². The number of pyridine rings is 1. The van der Waals surface area contributed by atoms with Gasteiger partial charge in [0, 0.05) is 30.9 Å². The SMILES string of the molecule is CC(C)CC(=O)C1=C(O)C(=O)N(c2nc3ccc([N+](=O)[O-])cc3s2)C1c1cccnc1. The van der Waals surface area contributed by atoms with Gasteiger partial charge in [0.2, 0.25) is 0 Å². The molecule has 1 N–H and O–H groups in total. The minimum absolute atomic E-state index is 0.0111. The molecule has 31 heavy (non-hydrogen) atoms. The summed E-state index contributed by atoms with van der Waals surface area (Å²) in [5, 5.41) is 21.9. The number of aliphatic hydroxyl groups excluding tert-OH is 1. The zero-order valence-electron chi connectivity index (χ0n) is 16.7. The first-order valence-corrected chi connectivity index (χ1v) is 10.3. The van der Waals surface area contributed by atoms with Crippen molar-refractivity contribution in [3.63, 3.8) is 0 Å². The molecule has 1 amide bonds. The molecule has 3 heterocycles. The van der Waals surface area contributed by atoms with Gasteiger partial charge in [0.15, 0.2) is 16.7 Å². The van der Waals surface area contributed by atoms with Crippen molar-refractivity contribution in [2.24, 2.45) is 5.92 Å². The third kappa shape index (κ3) is 3.66. The van der Waals surface area contributed by atoms with Gasteiger partial charge < -0.3 is 5.11 Å². The summed E-state index contributed by atoms with van der Waals surface area (Å²) in [7, 11) is 0. The van der Waals surface area contributed by atoms with E-state index in [2.05, 4.69) is 9.97 Å². The highest BCUT2D eigenvalue weighted by molar-refractivity contribution is 7.22. The van der Waals surface area contributed by atoms with Crippen LogP contribution >= 0.6 is 11.3 Å². The average Bonchev–Trinajstić information content (AvgIpc) is 3.26. The standard InChI is InChI=1S/C21H18N4O5S/c1-11(2)8-15(26)17-18(12-4-3-7-22-10-12)24(20(28)19(17)27)21-23-14-6-5-13(25(29)30)9-16(14)31-21/h3-7,9-11,18,27H,8H2,1-2H3. The molecule has 0 bridgehead atoms. The number of fused-ring (bicyclic) bond motifs is 1. The Balaban J connectivity index is 1.85. The molecular formula is C21H18N4O5S. The molecule has 1 aromatic carbocycles. The summed E-state index contributed by atoms with van der Waals surface area (Å²) in [6, 6.07) is 6.74. The summed E-state index contributed by atoms with van der Waals surface area (Å²) in [4.78, 5) is 46.4. The van der Waals surface area contributed by atoms with Gasteiger partial charge in [-0.2, -0.15) is 0 Å². The molecule has 0 spiro atoms. The second kappa shape index (κ2) is 7.88. The van der Waals surface area contributed by atoms with Crippen LogP contribution in [0.5, 0.6) is 0 Å². The number of nitrogens with zero attached hydrogens (tertiary/aromatic N) is 4. The predicted molar refractivity (Wildman–Crippen MR) is 115 cm³/mol. The van der Waals surface area contributed by atoms with E-state index in [9.17, 15) is 24.8 Å². The smallest absolute Gasteiger partial charge is 0.296 e. The Morgan fingerprint density at radius 2 is 2.13 bits per heavy atom. The first-order valence-electron chi connectivity index (χ1n) is 9.52. The van der Waals surface area contributed by atoms with Gasteiger partial charge in [-0.25, -0.2) is 4.98 Å². The average molecular weight is 438 g/mol. The topological polar surface area (TPSA) is 127 Å². The van der Waals surface area contributed by atoms with Crippen LogP contribution in [0.1, 0.15) is 31.9 Å². The van der Waals surface area contributed by atoms with Crippen LogP contribution in [0.3, 0.4) is 0 Å². The number of carbonyl (C=O) groups is 2. The molecule has 4 rings (SSSR count). The number of nitro groups is 1. The maximum Gasteiger partial charge on any atom is 0.296 e. The number of amides is 1. The minimum Gasteiger partial charge on any atom is -0.503 e. The molecule has 1 aliphatic rings. The monoisotopic (exact) mass is 438 g/mol. The zero-order valence-corrected chi connectivity index (χ0v) is 17.5. The summed E-state index contributed by atoms with van der Waals surface area (Å²) in [6.45, 7) is 3.76. The molecule has 158 valence electrons. The van der Waals surface area contributed by atoms with Crippen molar-refractivity contribution in [1.82, 2.24) is 9.97 Å². The molecule has 9 nitrogen and oxygen atoms in total. The number of thiazole rings is 1. The molecular weight excluding hydrogens is 420 g/mol. The van der Waals surface area contributed by atoms with Gasteiger partial charge in [-0.05, 0) is 23.6 Å². The van der Waals surface area contributed by atoms with Crippen molar-refractivity contribution in [3.05, 3.63) is 69.7 Å². The number of benzene rings is 1. The summed E-state index contributed by atoms with van der Waals surface area (Å²) in [6.07, 6.45) is 3.27. The molecule has 1 unspecified atom stereocenters. The quantitative estimate of drug-likeness (QED) is 0.453. The van der Waals surface area contributed by atoms with Crippen LogP contribution in [0.25, 0.3) is 10.2 Å². The number of hydrogen-bond acceptors (Lipinski definition) is 8. The molecule has 1 atom stereocenters. The van der Waals surface area contributed by atoms with Gasteiger partial charge in [-0.3, -0.25) is 29.6 Å². The molecule has 2 aromatic heterocycles. The van der Waals surface area contributed by atoms with E-state index < -0.39 is 22.6 Å². The van der Waals surface area contributed by atoms with Gasteiger partial charge in [0.05, 0.1) is 26.8 Å². The largest absolute Gasteiger partial charge is 0.503 e. The Hall–Kier alpha value is -3.66. The second-order valence-corrected chi connectivity index (χ2v) is 8.56. The van der Waals surface area contributed by atoms with Crippen molar-refractivity contribution in [2.45, 2.75) is 26.3 Å². The number of aliphatic hydroxyl groups is 1. The first-order chi connectivity index (χ1) is 14.8. The Morgan fingerprint density at radius 1 is 1.35 bits per heavy atom. The van der Waals surface area contributed by atoms with E-state index in [-0.39, 0.29) is 34.5 Å². The van der Waals surface area contributed by atoms with Crippen LogP contribution < -0.4 is 4.90 Å². The van der Waals surface area contributed by atoms with Crippen LogP contribution in [0.2, 0.25) is 0 Å². The van der Waals surface area contributed by atoms with E-state index in [1.54, 1.807) is 18.3 Å². The Kier molecular flexibility index (Phi) is 5.24. The number of ketones is 1. The van der Waals surface area contributed by atoms with Gasteiger partial charge in [-0.1, -0.05) is 31.3 Å². The van der Waals surface area contributed by atoms with Crippen molar-refractivity contribution in [2.75, 3.05) is 4.90 Å². The van der Waals surface area contributed by atoms with Gasteiger partial charge in [-0.15, -0.1) is 0 Å². The van der Waals surface area contributed by atoms with Crippen molar-refractivity contribution < 1.29 is 19.6 Å². The summed E-state index contributed by atoms with van der Waals surface area (Å²) < 4.78 is 0.517. The lowest BCUT2D eigenvalue weighted by Gasteiger charge is -2.24. The highest BCUT2D eigenvalue weighted by Gasteiger charge is 2.45. The molecule has 10 heteroatoms. The second-order valence-electron chi connectivity index (χ2n) is 7.55. The molecule has 0 radical (unpaired) electrons. The summed E-state index contributed by atoms with van der Waals surface area (Å²) >= 11 is 1.08. The maximum absolute atomic E-state index is 13.0. The highest BCUT2D eigenvalue weighted by Crippen LogP contribution is 2.44. The summed E-state index contributed by atoms with van der Waals surface area (Å²) in [5.74, 6) is -1.64. The normalized spacial score (nSPS) is 16.5. The first kappa shape index (κ1) is 20.6. The highest BCUT2D eigenvalue weighted by atomic mass is 32.1. The van der Waals surface area contributed by atoms with Crippen molar-refractivity contribution in [1.29, 1.82) is 0 Å². The number of aromatic nitrogens is 2. The lowest BCUT2D eigenvalue weighted by Crippen LogP contribution is -2.31. The van der Waals surface area contributed by atoms with Gasteiger partial charge in [0.1, 0.15) is 0 Å². The maximum atomic E-state index is 13.0. The van der Waals surface area contributed by atoms with E-state index in [1.165, 1.54) is 29.3 Å². The fourth-order valence-electron chi connectivity index (χ4n) is 3.54. The number of rotatable bonds is 6. The van der Waals surface area contributed by atoms with Crippen LogP contribution in [-0.2, 0) is 9.59 Å². The molecule has 0 saturated heterocycles. The fraction of sp³-hybridized carbons (Fsp3) is 0.238. The number of Topliss-reactive ketones (excluding diaryl/α,β-unsaturated/α-hetero) is 1. The third-order valence-electron chi connectivity index (χ3n) is 4.88. The number of hydrogen-bond donors (Lipinski definition) is 1. The lowest BCUT2D eigenvalue weighted by molar-refractivity contribution is -0.384. The minimum atomic E-state index is -0.886. The van der Waals surface area contributed by atoms with E-state index in [1.807, 2.05) is 13.8 Å². The molecule has 1 aliphatic heterocycles. The van der Waals surface area contributed by atoms with E-state index in [0.717, 1.165) is 11.3 Å². The Morgan fingerprint density at radius 3 is 2.77 bits per heavy atom. The third-order valence-corrected chi connectivity index (χ3v) is 5.90. The number of carbonyl (C=O) groups excluding carboxylic acids is 2. The molecule has 3 aromatic rings. The van der Waals surface area contributed by atoms with Crippen LogP contribution in [-0.4, -0.2) is 31.7 Å². The van der Waals surface area contributed by atoms with Gasteiger partial charge >= 0.3 is 0 Å². The Labute approximate surface area is 180 Å². The molecule has 0 saturated carbocycles.